The Morgan fingerprint density at radius 2 is 1.84 bits per heavy atom. The molecule has 1 aliphatic carbocycles. The zero-order valence-corrected chi connectivity index (χ0v) is 19.4. The first-order valence-electron chi connectivity index (χ1n) is 11.4. The van der Waals surface area contributed by atoms with Gasteiger partial charge in [0, 0.05) is 31.2 Å². The number of para-hydroxylation sites is 1. The van der Waals surface area contributed by atoms with Gasteiger partial charge in [-0.3, -0.25) is 0 Å². The first-order chi connectivity index (χ1) is 15.4. The topological polar surface area (TPSA) is 91.8 Å². The number of sulfonamides is 1. The Hall–Kier alpha value is -2.16. The Kier molecular flexibility index (Phi) is 7.33. The molecule has 1 aromatic heterocycles. The van der Waals surface area contributed by atoms with Crippen LogP contribution in [-0.4, -0.2) is 56.6 Å². The third kappa shape index (κ3) is 5.99. The molecule has 1 aromatic carbocycles. The van der Waals surface area contributed by atoms with Gasteiger partial charge in [-0.15, -0.1) is 0 Å². The Labute approximate surface area is 190 Å². The van der Waals surface area contributed by atoms with E-state index in [0.29, 0.717) is 24.8 Å². The van der Waals surface area contributed by atoms with Crippen LogP contribution in [0.2, 0.25) is 0 Å². The third-order valence-electron chi connectivity index (χ3n) is 6.67. The van der Waals surface area contributed by atoms with E-state index in [2.05, 4.69) is 14.6 Å². The molecule has 4 rings (SSSR count). The van der Waals surface area contributed by atoms with Crippen LogP contribution in [0, 0.1) is 5.92 Å². The molecule has 0 bridgehead atoms. The van der Waals surface area contributed by atoms with E-state index in [-0.39, 0.29) is 18.1 Å². The van der Waals surface area contributed by atoms with E-state index in [0.717, 1.165) is 50.0 Å². The van der Waals surface area contributed by atoms with Crippen molar-refractivity contribution in [3.05, 3.63) is 54.2 Å². The number of rotatable bonds is 7. The summed E-state index contributed by atoms with van der Waals surface area (Å²) >= 11 is 0. The number of aromatic hydroxyl groups is 1. The largest absolute Gasteiger partial charge is 0.508 e. The van der Waals surface area contributed by atoms with Crippen LogP contribution in [0.1, 0.15) is 43.6 Å². The maximum atomic E-state index is 11.9. The van der Waals surface area contributed by atoms with E-state index in [1.165, 1.54) is 6.26 Å². The van der Waals surface area contributed by atoms with Crippen LogP contribution in [0.3, 0.4) is 0 Å². The lowest BCUT2D eigenvalue weighted by atomic mass is 9.82. The number of phenols is 1. The Balaban J connectivity index is 1.35. The molecular weight excluding hydrogens is 426 g/mol. The predicted octanol–water partition coefficient (Wildman–Crippen LogP) is 3.27. The van der Waals surface area contributed by atoms with Gasteiger partial charge >= 0.3 is 0 Å². The molecule has 8 heteroatoms. The number of hydrogen-bond acceptors (Lipinski definition) is 6. The smallest absolute Gasteiger partial charge is 0.208 e. The van der Waals surface area contributed by atoms with E-state index in [9.17, 15) is 13.5 Å². The number of anilines is 1. The summed E-state index contributed by atoms with van der Waals surface area (Å²) in [5.74, 6) is 1.71. The molecule has 0 amide bonds. The molecule has 0 spiro atoms. The monoisotopic (exact) mass is 459 g/mol. The number of hydrogen-bond donors (Lipinski definition) is 2. The fourth-order valence-electron chi connectivity index (χ4n) is 5.01. The average molecular weight is 460 g/mol. The Morgan fingerprint density at radius 1 is 1.09 bits per heavy atom. The number of benzene rings is 1. The lowest BCUT2D eigenvalue weighted by Crippen LogP contribution is -2.52. The number of phenolic OH excluding ortho intramolecular Hbond substituents is 1. The van der Waals surface area contributed by atoms with Gasteiger partial charge in [-0.25, -0.2) is 18.1 Å². The SMILES string of the molecule is CS(=O)(=O)N[C@H]1CCN(c2ccccn2)C[C@H]1COC1CCC(c2ccccc2O)CC1. The van der Waals surface area contributed by atoms with Gasteiger partial charge in [-0.05, 0) is 61.8 Å². The van der Waals surface area contributed by atoms with Crippen molar-refractivity contribution in [3.8, 4) is 5.75 Å². The lowest BCUT2D eigenvalue weighted by molar-refractivity contribution is -0.00223. The van der Waals surface area contributed by atoms with Crippen LogP contribution < -0.4 is 9.62 Å². The maximum Gasteiger partial charge on any atom is 0.208 e. The average Bonchev–Trinajstić information content (AvgIpc) is 2.79. The molecule has 2 atom stereocenters. The Morgan fingerprint density at radius 3 is 2.53 bits per heavy atom. The molecule has 174 valence electrons. The van der Waals surface area contributed by atoms with Crippen molar-refractivity contribution in [1.82, 2.24) is 9.71 Å². The molecule has 0 radical (unpaired) electrons. The highest BCUT2D eigenvalue weighted by Gasteiger charge is 2.33. The second kappa shape index (κ2) is 10.2. The first-order valence-corrected chi connectivity index (χ1v) is 13.3. The lowest BCUT2D eigenvalue weighted by Gasteiger charge is -2.40. The summed E-state index contributed by atoms with van der Waals surface area (Å²) in [6.45, 7) is 1.98. The summed E-state index contributed by atoms with van der Waals surface area (Å²) in [5, 5.41) is 10.1. The molecule has 32 heavy (non-hydrogen) atoms. The quantitative estimate of drug-likeness (QED) is 0.660. The summed E-state index contributed by atoms with van der Waals surface area (Å²) in [6.07, 6.45) is 7.75. The van der Waals surface area contributed by atoms with Gasteiger partial charge in [0.25, 0.3) is 0 Å². The van der Waals surface area contributed by atoms with Crippen LogP contribution in [0.4, 0.5) is 5.82 Å². The minimum atomic E-state index is -3.29. The van der Waals surface area contributed by atoms with Crippen LogP contribution in [0.5, 0.6) is 5.75 Å². The molecule has 2 fully saturated rings. The molecule has 1 saturated carbocycles. The van der Waals surface area contributed by atoms with Crippen molar-refractivity contribution in [3.63, 3.8) is 0 Å². The highest BCUT2D eigenvalue weighted by atomic mass is 32.2. The highest BCUT2D eigenvalue weighted by molar-refractivity contribution is 7.88. The Bertz CT molecular complexity index is 978. The minimum Gasteiger partial charge on any atom is -0.508 e. The fraction of sp³-hybridized carbons (Fsp3) is 0.542. The van der Waals surface area contributed by atoms with E-state index in [1.807, 2.05) is 36.4 Å². The molecule has 0 unspecified atom stereocenters. The van der Waals surface area contributed by atoms with Crippen LogP contribution in [-0.2, 0) is 14.8 Å². The first kappa shape index (κ1) is 23.0. The van der Waals surface area contributed by atoms with E-state index in [4.69, 9.17) is 4.74 Å². The molecule has 2 aliphatic rings. The van der Waals surface area contributed by atoms with Crippen LogP contribution in [0.15, 0.2) is 48.7 Å². The van der Waals surface area contributed by atoms with Gasteiger partial charge in [0.05, 0.1) is 19.0 Å². The summed E-state index contributed by atoms with van der Waals surface area (Å²) in [5.41, 5.74) is 1.03. The van der Waals surface area contributed by atoms with Crippen molar-refractivity contribution in [1.29, 1.82) is 0 Å². The molecule has 1 saturated heterocycles. The number of nitrogens with zero attached hydrogens (tertiary/aromatic N) is 2. The van der Waals surface area contributed by atoms with Crippen molar-refractivity contribution in [2.45, 2.75) is 50.2 Å². The van der Waals surface area contributed by atoms with E-state index in [1.54, 1.807) is 12.3 Å². The molecule has 2 heterocycles. The zero-order chi connectivity index (χ0) is 22.6. The molecular formula is C24H33N3O4S. The number of piperidine rings is 1. The van der Waals surface area contributed by atoms with Gasteiger partial charge in [0.15, 0.2) is 0 Å². The van der Waals surface area contributed by atoms with E-state index >= 15 is 0 Å². The summed E-state index contributed by atoms with van der Waals surface area (Å²) in [6, 6.07) is 13.3. The number of pyridine rings is 1. The van der Waals surface area contributed by atoms with Crippen LogP contribution >= 0.6 is 0 Å². The molecule has 2 N–H and O–H groups in total. The third-order valence-corrected chi connectivity index (χ3v) is 7.40. The van der Waals surface area contributed by atoms with E-state index < -0.39 is 10.0 Å². The second-order valence-electron chi connectivity index (χ2n) is 9.04. The van der Waals surface area contributed by atoms with Gasteiger partial charge < -0.3 is 14.7 Å². The van der Waals surface area contributed by atoms with Crippen molar-refractivity contribution < 1.29 is 18.3 Å². The standard InChI is InChI=1S/C24H33N3O4S/c1-32(29,30)26-22-13-15-27(24-8-4-5-14-25-24)16-19(22)17-31-20-11-9-18(10-12-20)21-6-2-3-7-23(21)28/h2-8,14,18-20,22,26,28H,9-13,15-17H2,1H3/t18?,19-,20?,22-/m0/s1. The molecule has 7 nitrogen and oxygen atoms in total. The zero-order valence-electron chi connectivity index (χ0n) is 18.6. The van der Waals surface area contributed by atoms with Gasteiger partial charge in [-0.1, -0.05) is 24.3 Å². The number of ether oxygens (including phenoxy) is 1. The van der Waals surface area contributed by atoms with Crippen molar-refractivity contribution in [2.75, 3.05) is 30.9 Å². The van der Waals surface area contributed by atoms with Crippen molar-refractivity contribution in [2.24, 2.45) is 5.92 Å². The van der Waals surface area contributed by atoms with Gasteiger partial charge in [-0.2, -0.15) is 0 Å². The summed E-state index contributed by atoms with van der Waals surface area (Å²) < 4.78 is 32.9. The highest BCUT2D eigenvalue weighted by Crippen LogP contribution is 2.38. The summed E-state index contributed by atoms with van der Waals surface area (Å²) in [4.78, 5) is 6.67. The second-order valence-corrected chi connectivity index (χ2v) is 10.8. The van der Waals surface area contributed by atoms with Gasteiger partial charge in [0.1, 0.15) is 11.6 Å². The number of aromatic nitrogens is 1. The summed E-state index contributed by atoms with van der Waals surface area (Å²) in [7, 11) is -3.29. The predicted molar refractivity (Wildman–Crippen MR) is 125 cm³/mol. The van der Waals surface area contributed by atoms with Gasteiger partial charge in [0.2, 0.25) is 10.0 Å². The minimum absolute atomic E-state index is 0.0522. The maximum absolute atomic E-state index is 11.9. The molecule has 1 aliphatic heterocycles. The number of nitrogens with one attached hydrogen (secondary N) is 1. The normalized spacial score (nSPS) is 26.7. The fourth-order valence-corrected chi connectivity index (χ4v) is 5.87. The van der Waals surface area contributed by atoms with Crippen molar-refractivity contribution >= 4 is 15.8 Å². The molecule has 2 aromatic rings. The van der Waals surface area contributed by atoms with Crippen LogP contribution in [0.25, 0.3) is 0 Å².